The fraction of sp³-hybridized carbons (Fsp3) is 1.00. The van der Waals surface area contributed by atoms with Crippen LogP contribution in [0.4, 0.5) is 0 Å². The Hall–Kier alpha value is -0.120. The molecule has 2 unspecified atom stereocenters. The fourth-order valence-corrected chi connectivity index (χ4v) is 1.54. The zero-order valence-electron chi connectivity index (χ0n) is 7.38. The van der Waals surface area contributed by atoms with Crippen molar-refractivity contribution in [1.29, 1.82) is 0 Å². The number of β-amino-alcohol motifs (C(OH)–C–C–N with tert-alkyl or cyclic N) is 1. The Labute approximate surface area is 68.4 Å². The molecular weight excluding hydrogens is 140 g/mol. The Morgan fingerprint density at radius 3 is 2.91 bits per heavy atom. The lowest BCUT2D eigenvalue weighted by Gasteiger charge is -2.25. The average Bonchev–Trinajstić information content (AvgIpc) is 2.13. The van der Waals surface area contributed by atoms with Crippen molar-refractivity contribution in [2.45, 2.75) is 26.0 Å². The predicted octanol–water partition coefficient (Wildman–Crippen LogP) is -0.339. The molecule has 1 saturated heterocycles. The van der Waals surface area contributed by atoms with Crippen LogP contribution in [0.5, 0.6) is 0 Å². The Morgan fingerprint density at radius 1 is 1.55 bits per heavy atom. The Bertz CT molecular complexity index is 119. The normalized spacial score (nSPS) is 35.2. The summed E-state index contributed by atoms with van der Waals surface area (Å²) in [4.78, 5) is 2.30. The third-order valence-electron chi connectivity index (χ3n) is 2.29. The van der Waals surface area contributed by atoms with Crippen LogP contribution in [0.1, 0.15) is 13.8 Å². The molecule has 0 aliphatic carbocycles. The molecule has 3 nitrogen and oxygen atoms in total. The van der Waals surface area contributed by atoms with Gasteiger partial charge in [0.2, 0.25) is 0 Å². The summed E-state index contributed by atoms with van der Waals surface area (Å²) >= 11 is 0. The summed E-state index contributed by atoms with van der Waals surface area (Å²) < 4.78 is 0. The van der Waals surface area contributed by atoms with Gasteiger partial charge in [-0.05, 0) is 13.5 Å². The quantitative estimate of drug-likeness (QED) is 0.548. The summed E-state index contributed by atoms with van der Waals surface area (Å²) in [7, 11) is 0. The topological polar surface area (TPSA) is 35.5 Å². The lowest BCUT2D eigenvalue weighted by molar-refractivity contribution is 0.118. The third-order valence-corrected chi connectivity index (χ3v) is 2.29. The number of likely N-dealkylation sites (N-methyl/N-ethyl adjacent to an activating group) is 1. The molecule has 11 heavy (non-hydrogen) atoms. The summed E-state index contributed by atoms with van der Waals surface area (Å²) in [5.74, 6) is 0. The van der Waals surface area contributed by atoms with E-state index in [1.165, 1.54) is 0 Å². The molecule has 0 aromatic carbocycles. The highest BCUT2D eigenvalue weighted by atomic mass is 16.3. The van der Waals surface area contributed by atoms with Gasteiger partial charge in [-0.2, -0.15) is 0 Å². The van der Waals surface area contributed by atoms with E-state index < -0.39 is 0 Å². The van der Waals surface area contributed by atoms with Crippen LogP contribution in [-0.4, -0.2) is 48.3 Å². The SMILES string of the molecule is CCN1CC(O)CNCC1C. The van der Waals surface area contributed by atoms with Crippen LogP contribution in [0.2, 0.25) is 0 Å². The van der Waals surface area contributed by atoms with Crippen LogP contribution in [0.3, 0.4) is 0 Å². The van der Waals surface area contributed by atoms with E-state index in [1.54, 1.807) is 0 Å². The van der Waals surface area contributed by atoms with Crippen molar-refractivity contribution < 1.29 is 5.11 Å². The van der Waals surface area contributed by atoms with Gasteiger partial charge in [0.05, 0.1) is 6.10 Å². The first-order valence-corrected chi connectivity index (χ1v) is 4.37. The van der Waals surface area contributed by atoms with Crippen LogP contribution in [0.25, 0.3) is 0 Å². The van der Waals surface area contributed by atoms with Gasteiger partial charge in [-0.3, -0.25) is 4.90 Å². The van der Waals surface area contributed by atoms with Gasteiger partial charge in [0.25, 0.3) is 0 Å². The first-order chi connectivity index (χ1) is 5.24. The Kier molecular flexibility index (Phi) is 3.30. The molecule has 1 fully saturated rings. The lowest BCUT2D eigenvalue weighted by Crippen LogP contribution is -2.38. The Morgan fingerprint density at radius 2 is 2.27 bits per heavy atom. The van der Waals surface area contributed by atoms with Gasteiger partial charge >= 0.3 is 0 Å². The van der Waals surface area contributed by atoms with Gasteiger partial charge < -0.3 is 10.4 Å². The van der Waals surface area contributed by atoms with Gasteiger partial charge in [0, 0.05) is 25.7 Å². The number of hydrogen-bond acceptors (Lipinski definition) is 3. The van der Waals surface area contributed by atoms with Gasteiger partial charge in [-0.25, -0.2) is 0 Å². The number of aliphatic hydroxyl groups excluding tert-OH is 1. The molecule has 0 spiro atoms. The van der Waals surface area contributed by atoms with E-state index in [0.717, 1.165) is 26.2 Å². The van der Waals surface area contributed by atoms with Gasteiger partial charge in [-0.15, -0.1) is 0 Å². The minimum atomic E-state index is -0.195. The summed E-state index contributed by atoms with van der Waals surface area (Å²) in [6, 6.07) is 0.553. The molecule has 1 rings (SSSR count). The molecule has 2 atom stereocenters. The fourth-order valence-electron chi connectivity index (χ4n) is 1.54. The van der Waals surface area contributed by atoms with Gasteiger partial charge in [0.1, 0.15) is 0 Å². The van der Waals surface area contributed by atoms with Gasteiger partial charge in [-0.1, -0.05) is 6.92 Å². The van der Waals surface area contributed by atoms with Crippen molar-refractivity contribution in [3.63, 3.8) is 0 Å². The standard InChI is InChI=1S/C8H18N2O/c1-3-10-6-8(11)5-9-4-7(10)2/h7-9,11H,3-6H2,1-2H3. The largest absolute Gasteiger partial charge is 0.390 e. The molecule has 1 aliphatic heterocycles. The number of hydrogen-bond donors (Lipinski definition) is 2. The Balaban J connectivity index is 2.45. The van der Waals surface area contributed by atoms with Crippen LogP contribution in [0, 0.1) is 0 Å². The smallest absolute Gasteiger partial charge is 0.0791 e. The van der Waals surface area contributed by atoms with E-state index in [-0.39, 0.29) is 6.10 Å². The molecule has 0 aromatic rings. The molecule has 0 radical (unpaired) electrons. The first kappa shape index (κ1) is 8.97. The van der Waals surface area contributed by atoms with Crippen LogP contribution < -0.4 is 5.32 Å². The molecule has 3 heteroatoms. The van der Waals surface area contributed by atoms with E-state index in [1.807, 2.05) is 0 Å². The summed E-state index contributed by atoms with van der Waals surface area (Å²) in [6.07, 6.45) is -0.195. The number of aliphatic hydroxyl groups is 1. The van der Waals surface area contributed by atoms with E-state index >= 15 is 0 Å². The minimum Gasteiger partial charge on any atom is -0.390 e. The minimum absolute atomic E-state index is 0.195. The van der Waals surface area contributed by atoms with E-state index in [9.17, 15) is 5.11 Å². The van der Waals surface area contributed by atoms with Crippen molar-refractivity contribution in [3.8, 4) is 0 Å². The summed E-state index contributed by atoms with van der Waals surface area (Å²) in [5, 5.41) is 12.6. The summed E-state index contributed by atoms with van der Waals surface area (Å²) in [5.41, 5.74) is 0. The molecular formula is C8H18N2O. The number of rotatable bonds is 1. The highest BCUT2D eigenvalue weighted by Crippen LogP contribution is 2.02. The lowest BCUT2D eigenvalue weighted by atomic mass is 10.3. The van der Waals surface area contributed by atoms with E-state index in [4.69, 9.17) is 0 Å². The van der Waals surface area contributed by atoms with Crippen LogP contribution >= 0.6 is 0 Å². The highest BCUT2D eigenvalue weighted by molar-refractivity contribution is 4.77. The van der Waals surface area contributed by atoms with Gasteiger partial charge in [0.15, 0.2) is 0 Å². The second-order valence-corrected chi connectivity index (χ2v) is 3.25. The number of nitrogens with one attached hydrogen (secondary N) is 1. The van der Waals surface area contributed by atoms with Crippen molar-refractivity contribution in [3.05, 3.63) is 0 Å². The molecule has 0 saturated carbocycles. The van der Waals surface area contributed by atoms with Crippen molar-refractivity contribution in [1.82, 2.24) is 10.2 Å². The molecule has 66 valence electrons. The summed E-state index contributed by atoms with van der Waals surface area (Å²) in [6.45, 7) is 7.89. The van der Waals surface area contributed by atoms with Crippen molar-refractivity contribution in [2.24, 2.45) is 0 Å². The average molecular weight is 158 g/mol. The molecule has 1 heterocycles. The highest BCUT2D eigenvalue weighted by Gasteiger charge is 2.19. The third kappa shape index (κ3) is 2.43. The maximum atomic E-state index is 9.40. The monoisotopic (exact) mass is 158 g/mol. The molecule has 0 aromatic heterocycles. The molecule has 1 aliphatic rings. The molecule has 0 amide bonds. The second-order valence-electron chi connectivity index (χ2n) is 3.25. The van der Waals surface area contributed by atoms with Crippen molar-refractivity contribution >= 4 is 0 Å². The zero-order chi connectivity index (χ0) is 8.27. The molecule has 2 N–H and O–H groups in total. The first-order valence-electron chi connectivity index (χ1n) is 4.37. The second kappa shape index (κ2) is 4.04. The van der Waals surface area contributed by atoms with Crippen LogP contribution in [-0.2, 0) is 0 Å². The van der Waals surface area contributed by atoms with E-state index in [0.29, 0.717) is 6.04 Å². The van der Waals surface area contributed by atoms with E-state index in [2.05, 4.69) is 24.1 Å². The number of nitrogens with zero attached hydrogens (tertiary/aromatic N) is 1. The van der Waals surface area contributed by atoms with Crippen LogP contribution in [0.15, 0.2) is 0 Å². The van der Waals surface area contributed by atoms with Crippen molar-refractivity contribution in [2.75, 3.05) is 26.2 Å². The predicted molar refractivity (Wildman–Crippen MR) is 45.6 cm³/mol. The molecule has 0 bridgehead atoms. The zero-order valence-corrected chi connectivity index (χ0v) is 7.38. The maximum Gasteiger partial charge on any atom is 0.0791 e. The maximum absolute atomic E-state index is 9.40.